The average molecular weight is 220 g/mol. The molecular formula is C15H24O. The lowest BCUT2D eigenvalue weighted by atomic mass is 10.0. The molecule has 1 nitrogen and oxygen atoms in total. The number of ketones is 1. The van der Waals surface area contributed by atoms with E-state index in [4.69, 9.17) is 0 Å². The van der Waals surface area contributed by atoms with Crippen LogP contribution in [0.3, 0.4) is 0 Å². The normalized spacial score (nSPS) is 27.8. The van der Waals surface area contributed by atoms with Crippen LogP contribution in [-0.4, -0.2) is 5.78 Å². The van der Waals surface area contributed by atoms with E-state index in [1.165, 1.54) is 36.8 Å². The lowest BCUT2D eigenvalue weighted by molar-refractivity contribution is -0.117. The van der Waals surface area contributed by atoms with Crippen molar-refractivity contribution < 1.29 is 4.79 Å². The van der Waals surface area contributed by atoms with Crippen molar-refractivity contribution in [2.75, 3.05) is 0 Å². The number of hydrogen-bond acceptors (Lipinski definition) is 1. The summed E-state index contributed by atoms with van der Waals surface area (Å²) in [6.45, 7) is 4.16. The topological polar surface area (TPSA) is 17.1 Å². The molecule has 1 aliphatic rings. The highest BCUT2D eigenvalue weighted by Gasteiger charge is 2.04. The molecule has 0 aromatic heterocycles. The minimum absolute atomic E-state index is 0.363. The number of rotatable bonds is 0. The van der Waals surface area contributed by atoms with Crippen molar-refractivity contribution in [3.63, 3.8) is 0 Å². The number of carbonyl (C=O) groups excluding carboxylic acids is 1. The number of allylic oxidation sites excluding steroid dienone is 4. The van der Waals surface area contributed by atoms with Gasteiger partial charge in [0.1, 0.15) is 5.78 Å². The van der Waals surface area contributed by atoms with Crippen LogP contribution in [-0.2, 0) is 4.79 Å². The van der Waals surface area contributed by atoms with Crippen LogP contribution in [0.1, 0.15) is 65.2 Å². The van der Waals surface area contributed by atoms with Gasteiger partial charge >= 0.3 is 0 Å². The molecule has 0 saturated heterocycles. The van der Waals surface area contributed by atoms with Gasteiger partial charge in [0.2, 0.25) is 0 Å². The molecule has 0 aromatic carbocycles. The van der Waals surface area contributed by atoms with E-state index in [0.717, 1.165) is 12.8 Å². The van der Waals surface area contributed by atoms with Crippen molar-refractivity contribution in [1.82, 2.24) is 0 Å². The molecule has 0 N–H and O–H groups in total. The van der Waals surface area contributed by atoms with Crippen LogP contribution in [0.15, 0.2) is 23.3 Å². The van der Waals surface area contributed by atoms with E-state index >= 15 is 0 Å². The van der Waals surface area contributed by atoms with E-state index < -0.39 is 0 Å². The Labute approximate surface area is 99.6 Å². The summed E-state index contributed by atoms with van der Waals surface area (Å²) in [6, 6.07) is 0. The summed E-state index contributed by atoms with van der Waals surface area (Å²) < 4.78 is 0. The molecule has 0 bridgehead atoms. The summed E-state index contributed by atoms with van der Waals surface area (Å²) >= 11 is 0. The minimum atomic E-state index is 0.363. The third-order valence-electron chi connectivity index (χ3n) is 3.10. The molecule has 0 aromatic rings. The van der Waals surface area contributed by atoms with Crippen molar-refractivity contribution in [3.8, 4) is 0 Å². The third kappa shape index (κ3) is 5.89. The van der Waals surface area contributed by atoms with Crippen LogP contribution in [0.2, 0.25) is 0 Å². The molecule has 0 fully saturated rings. The fourth-order valence-electron chi connectivity index (χ4n) is 2.17. The van der Waals surface area contributed by atoms with Gasteiger partial charge in [-0.2, -0.15) is 0 Å². The Hall–Kier alpha value is -0.850. The molecule has 0 aliphatic heterocycles. The van der Waals surface area contributed by atoms with Gasteiger partial charge in [0.25, 0.3) is 0 Å². The van der Waals surface area contributed by atoms with Crippen molar-refractivity contribution in [2.45, 2.75) is 65.2 Å². The molecule has 16 heavy (non-hydrogen) atoms. The first kappa shape index (κ1) is 13.2. The van der Waals surface area contributed by atoms with E-state index in [-0.39, 0.29) is 0 Å². The smallest absolute Gasteiger partial charge is 0.140 e. The minimum Gasteiger partial charge on any atom is -0.299 e. The summed E-state index contributed by atoms with van der Waals surface area (Å²) in [4.78, 5) is 11.7. The zero-order valence-corrected chi connectivity index (χ0v) is 10.7. The highest BCUT2D eigenvalue weighted by atomic mass is 16.1. The van der Waals surface area contributed by atoms with Gasteiger partial charge in [-0.1, -0.05) is 36.1 Å². The predicted octanol–water partition coefficient (Wildman–Crippen LogP) is 4.58. The summed E-state index contributed by atoms with van der Waals surface area (Å²) in [5.74, 6) is 0.363. The Morgan fingerprint density at radius 1 is 0.812 bits per heavy atom. The zero-order chi connectivity index (χ0) is 11.8. The second-order valence-electron chi connectivity index (χ2n) is 4.98. The Morgan fingerprint density at radius 3 is 1.69 bits per heavy atom. The molecule has 0 atom stereocenters. The van der Waals surface area contributed by atoms with Crippen LogP contribution in [0.4, 0.5) is 0 Å². The molecule has 0 spiro atoms. The Bertz CT molecular complexity index is 256. The second kappa shape index (κ2) is 7.43. The first-order valence-electron chi connectivity index (χ1n) is 6.51. The molecule has 1 rings (SSSR count). The van der Waals surface area contributed by atoms with Gasteiger partial charge in [-0.25, -0.2) is 0 Å². The number of hydrogen-bond donors (Lipinski definition) is 0. The summed E-state index contributed by atoms with van der Waals surface area (Å²) in [5, 5.41) is 0. The summed E-state index contributed by atoms with van der Waals surface area (Å²) in [6.07, 6.45) is 13.3. The van der Waals surface area contributed by atoms with Gasteiger partial charge in [0.05, 0.1) is 0 Å². The first-order chi connectivity index (χ1) is 7.68. The number of Topliss-reactive ketones (excluding diaryl/α,β-unsaturated/α-hetero) is 1. The summed E-state index contributed by atoms with van der Waals surface area (Å²) in [7, 11) is 0. The SMILES string of the molecule is C/C1=C\CCCCCC/C=C(\C)CC(=O)C1. The molecule has 0 saturated carbocycles. The highest BCUT2D eigenvalue weighted by molar-refractivity contribution is 5.82. The van der Waals surface area contributed by atoms with Gasteiger partial charge in [-0.15, -0.1) is 0 Å². The first-order valence-corrected chi connectivity index (χ1v) is 6.51. The maximum atomic E-state index is 11.7. The van der Waals surface area contributed by atoms with E-state index in [1.807, 2.05) is 0 Å². The largest absolute Gasteiger partial charge is 0.299 e. The van der Waals surface area contributed by atoms with E-state index in [0.29, 0.717) is 18.6 Å². The van der Waals surface area contributed by atoms with E-state index in [1.54, 1.807) is 0 Å². The number of carbonyl (C=O) groups is 1. The van der Waals surface area contributed by atoms with Gasteiger partial charge in [0.15, 0.2) is 0 Å². The van der Waals surface area contributed by atoms with Crippen LogP contribution in [0, 0.1) is 0 Å². The molecule has 0 amide bonds. The predicted molar refractivity (Wildman–Crippen MR) is 69.5 cm³/mol. The van der Waals surface area contributed by atoms with E-state index in [2.05, 4.69) is 26.0 Å². The van der Waals surface area contributed by atoms with Gasteiger partial charge in [-0.3, -0.25) is 4.79 Å². The van der Waals surface area contributed by atoms with Crippen molar-refractivity contribution in [2.24, 2.45) is 0 Å². The van der Waals surface area contributed by atoms with E-state index in [9.17, 15) is 4.79 Å². The average Bonchev–Trinajstić information content (AvgIpc) is 2.21. The summed E-state index contributed by atoms with van der Waals surface area (Å²) in [5.41, 5.74) is 2.49. The fraction of sp³-hybridized carbons (Fsp3) is 0.667. The van der Waals surface area contributed by atoms with Gasteiger partial charge < -0.3 is 0 Å². The van der Waals surface area contributed by atoms with Crippen molar-refractivity contribution >= 4 is 5.78 Å². The monoisotopic (exact) mass is 220 g/mol. The second-order valence-corrected chi connectivity index (χ2v) is 4.98. The molecule has 0 heterocycles. The zero-order valence-electron chi connectivity index (χ0n) is 10.7. The molecule has 0 unspecified atom stereocenters. The molecule has 90 valence electrons. The van der Waals surface area contributed by atoms with Crippen LogP contribution in [0.25, 0.3) is 0 Å². The van der Waals surface area contributed by atoms with Gasteiger partial charge in [0, 0.05) is 12.8 Å². The fourth-order valence-corrected chi connectivity index (χ4v) is 2.17. The molecule has 0 radical (unpaired) electrons. The quantitative estimate of drug-likeness (QED) is 0.546. The maximum absolute atomic E-state index is 11.7. The Kier molecular flexibility index (Phi) is 6.14. The van der Waals surface area contributed by atoms with Crippen LogP contribution in [0.5, 0.6) is 0 Å². The Morgan fingerprint density at radius 2 is 1.25 bits per heavy atom. The van der Waals surface area contributed by atoms with Crippen molar-refractivity contribution in [1.29, 1.82) is 0 Å². The third-order valence-corrected chi connectivity index (χ3v) is 3.10. The van der Waals surface area contributed by atoms with Crippen molar-refractivity contribution in [3.05, 3.63) is 23.3 Å². The molecule has 1 heteroatoms. The molecule has 1 aliphatic carbocycles. The highest BCUT2D eigenvalue weighted by Crippen LogP contribution is 2.14. The van der Waals surface area contributed by atoms with Crippen LogP contribution < -0.4 is 0 Å². The van der Waals surface area contributed by atoms with Crippen LogP contribution >= 0.6 is 0 Å². The maximum Gasteiger partial charge on any atom is 0.140 e. The molecular weight excluding hydrogens is 196 g/mol. The lowest BCUT2D eigenvalue weighted by Gasteiger charge is -2.02. The van der Waals surface area contributed by atoms with Gasteiger partial charge in [-0.05, 0) is 39.5 Å². The Balaban J connectivity index is 2.56. The standard InChI is InChI=1S/C15H24O/c1-13-9-7-5-3-4-6-8-10-14(2)12-15(16)11-13/h9-10H,3-8,11-12H2,1-2H3/b13-9+,14-10+. The lowest BCUT2D eigenvalue weighted by Crippen LogP contribution is -1.99.